The Hall–Kier alpha value is -2.77. The van der Waals surface area contributed by atoms with Crippen LogP contribution in [0.1, 0.15) is 34.1 Å². The molecule has 2 aromatic heterocycles. The maximum Gasteiger partial charge on any atom is 0.253 e. The fourth-order valence-electron chi connectivity index (χ4n) is 3.70. The number of hydrogen-bond donors (Lipinski definition) is 0. The van der Waals surface area contributed by atoms with Gasteiger partial charge in [0.1, 0.15) is 12.7 Å². The molecular formula is C21H18ClN5OS. The number of amides is 1. The van der Waals surface area contributed by atoms with E-state index in [-0.39, 0.29) is 5.91 Å². The van der Waals surface area contributed by atoms with E-state index in [4.69, 9.17) is 16.6 Å². The monoisotopic (exact) mass is 423 g/mol. The Labute approximate surface area is 176 Å². The molecule has 1 aliphatic heterocycles. The quantitative estimate of drug-likeness (QED) is 0.485. The fourth-order valence-corrected chi connectivity index (χ4v) is 4.99. The zero-order valence-corrected chi connectivity index (χ0v) is 17.1. The van der Waals surface area contributed by atoms with Gasteiger partial charge >= 0.3 is 0 Å². The highest BCUT2D eigenvalue weighted by atomic mass is 35.5. The van der Waals surface area contributed by atoms with Gasteiger partial charge in [-0.25, -0.2) is 14.6 Å². The molecule has 29 heavy (non-hydrogen) atoms. The van der Waals surface area contributed by atoms with Crippen LogP contribution in [0, 0.1) is 0 Å². The number of rotatable bonds is 3. The van der Waals surface area contributed by atoms with Gasteiger partial charge in [-0.1, -0.05) is 11.6 Å². The summed E-state index contributed by atoms with van der Waals surface area (Å²) in [6.07, 6.45) is 4.98. The lowest BCUT2D eigenvalue weighted by molar-refractivity contribution is 0.0713. The number of hydrogen-bond acceptors (Lipinski definition) is 5. The van der Waals surface area contributed by atoms with Crippen molar-refractivity contribution in [2.45, 2.75) is 18.8 Å². The fraction of sp³-hybridized carbons (Fsp3) is 0.238. The number of benzene rings is 2. The smallest absolute Gasteiger partial charge is 0.253 e. The number of piperidine rings is 1. The average molecular weight is 424 g/mol. The summed E-state index contributed by atoms with van der Waals surface area (Å²) < 4.78 is 2.83. The minimum Gasteiger partial charge on any atom is -0.339 e. The third-order valence-electron chi connectivity index (χ3n) is 5.30. The van der Waals surface area contributed by atoms with Gasteiger partial charge in [-0.3, -0.25) is 4.79 Å². The van der Waals surface area contributed by atoms with Crippen molar-refractivity contribution in [3.63, 3.8) is 0 Å². The van der Waals surface area contributed by atoms with Crippen LogP contribution in [0.25, 0.3) is 15.9 Å². The SMILES string of the molecule is O=C(c1ccc(-n2cncn2)cc1)N1CCC(c2nc3cc(Cl)ccc3s2)CC1. The summed E-state index contributed by atoms with van der Waals surface area (Å²) >= 11 is 7.81. The second-order valence-corrected chi connectivity index (χ2v) is 8.62. The molecule has 1 saturated heterocycles. The van der Waals surface area contributed by atoms with Gasteiger partial charge in [0.25, 0.3) is 5.91 Å². The first-order chi connectivity index (χ1) is 14.2. The molecule has 146 valence electrons. The molecule has 1 amide bonds. The van der Waals surface area contributed by atoms with Gasteiger partial charge in [-0.2, -0.15) is 5.10 Å². The first-order valence-electron chi connectivity index (χ1n) is 9.48. The van der Waals surface area contributed by atoms with Crippen molar-refractivity contribution >= 4 is 39.1 Å². The van der Waals surface area contributed by atoms with Gasteiger partial charge in [0.05, 0.1) is 20.9 Å². The van der Waals surface area contributed by atoms with E-state index in [2.05, 4.69) is 10.1 Å². The van der Waals surface area contributed by atoms with Gasteiger partial charge in [0.15, 0.2) is 0 Å². The first kappa shape index (κ1) is 18.3. The number of fused-ring (bicyclic) bond motifs is 1. The van der Waals surface area contributed by atoms with Crippen molar-refractivity contribution < 1.29 is 4.79 Å². The maximum atomic E-state index is 12.9. The molecule has 0 N–H and O–H groups in total. The standard InChI is InChI=1S/C21H18ClN5OS/c22-16-3-6-19-18(11-16)25-20(29-19)14-7-9-26(10-8-14)21(28)15-1-4-17(5-2-15)27-13-23-12-24-27/h1-6,11-14H,7-10H2. The number of aromatic nitrogens is 4. The molecular weight excluding hydrogens is 406 g/mol. The molecule has 3 heterocycles. The van der Waals surface area contributed by atoms with Gasteiger partial charge in [-0.05, 0) is 55.3 Å². The van der Waals surface area contributed by atoms with Crippen molar-refractivity contribution in [2.24, 2.45) is 0 Å². The Morgan fingerprint density at radius 3 is 2.62 bits per heavy atom. The zero-order chi connectivity index (χ0) is 19.8. The number of carbonyl (C=O) groups excluding carboxylic acids is 1. The summed E-state index contributed by atoms with van der Waals surface area (Å²) in [6.45, 7) is 1.48. The van der Waals surface area contributed by atoms with Crippen LogP contribution < -0.4 is 0 Å². The first-order valence-corrected chi connectivity index (χ1v) is 10.7. The van der Waals surface area contributed by atoms with Crippen molar-refractivity contribution in [2.75, 3.05) is 13.1 Å². The lowest BCUT2D eigenvalue weighted by Gasteiger charge is -2.31. The Kier molecular flexibility index (Phi) is 4.77. The Balaban J connectivity index is 1.25. The molecule has 6 nitrogen and oxygen atoms in total. The summed E-state index contributed by atoms with van der Waals surface area (Å²) in [5, 5.41) is 5.96. The Morgan fingerprint density at radius 1 is 1.10 bits per heavy atom. The van der Waals surface area contributed by atoms with E-state index in [0.717, 1.165) is 46.8 Å². The van der Waals surface area contributed by atoms with Gasteiger partial charge in [-0.15, -0.1) is 11.3 Å². The van der Waals surface area contributed by atoms with Crippen LogP contribution in [0.5, 0.6) is 0 Å². The molecule has 0 unspecified atom stereocenters. The highest BCUT2D eigenvalue weighted by Gasteiger charge is 2.26. The summed E-state index contributed by atoms with van der Waals surface area (Å²) in [5.41, 5.74) is 2.54. The molecule has 1 fully saturated rings. The largest absolute Gasteiger partial charge is 0.339 e. The maximum absolute atomic E-state index is 12.9. The molecule has 0 atom stereocenters. The number of thiazole rings is 1. The summed E-state index contributed by atoms with van der Waals surface area (Å²) in [7, 11) is 0. The molecule has 2 aromatic carbocycles. The van der Waals surface area contributed by atoms with Gasteiger partial charge < -0.3 is 4.90 Å². The van der Waals surface area contributed by atoms with Crippen LogP contribution in [0.3, 0.4) is 0 Å². The molecule has 0 saturated carbocycles. The van der Waals surface area contributed by atoms with Crippen LogP contribution in [0.15, 0.2) is 55.1 Å². The molecule has 0 spiro atoms. The highest BCUT2D eigenvalue weighted by molar-refractivity contribution is 7.18. The van der Waals surface area contributed by atoms with Crippen LogP contribution in [-0.2, 0) is 0 Å². The van der Waals surface area contributed by atoms with E-state index < -0.39 is 0 Å². The number of carbonyl (C=O) groups is 1. The molecule has 5 rings (SSSR count). The van der Waals surface area contributed by atoms with E-state index in [9.17, 15) is 4.79 Å². The van der Waals surface area contributed by atoms with E-state index in [1.165, 1.54) is 6.33 Å². The lowest BCUT2D eigenvalue weighted by Crippen LogP contribution is -2.37. The minimum atomic E-state index is 0.0738. The predicted octanol–water partition coefficient (Wildman–Crippen LogP) is 4.55. The molecule has 1 aliphatic rings. The van der Waals surface area contributed by atoms with Crippen molar-refractivity contribution in [3.05, 3.63) is 70.7 Å². The minimum absolute atomic E-state index is 0.0738. The highest BCUT2D eigenvalue weighted by Crippen LogP contribution is 2.35. The Bertz CT molecular complexity index is 1150. The Morgan fingerprint density at radius 2 is 1.90 bits per heavy atom. The van der Waals surface area contributed by atoms with Crippen LogP contribution in [0.2, 0.25) is 5.02 Å². The number of nitrogens with zero attached hydrogens (tertiary/aromatic N) is 5. The number of halogens is 1. The van der Waals surface area contributed by atoms with Crippen molar-refractivity contribution in [1.29, 1.82) is 0 Å². The third-order valence-corrected chi connectivity index (χ3v) is 6.73. The summed E-state index contributed by atoms with van der Waals surface area (Å²) in [4.78, 5) is 23.5. The molecule has 0 bridgehead atoms. The topological polar surface area (TPSA) is 63.9 Å². The van der Waals surface area contributed by atoms with E-state index >= 15 is 0 Å². The van der Waals surface area contributed by atoms with Crippen LogP contribution in [-0.4, -0.2) is 43.6 Å². The second-order valence-electron chi connectivity index (χ2n) is 7.12. The third kappa shape index (κ3) is 3.63. The predicted molar refractivity (Wildman–Crippen MR) is 114 cm³/mol. The summed E-state index contributed by atoms with van der Waals surface area (Å²) in [5.74, 6) is 0.467. The molecule has 8 heteroatoms. The molecule has 0 aliphatic carbocycles. The lowest BCUT2D eigenvalue weighted by atomic mass is 9.97. The number of likely N-dealkylation sites (tertiary alicyclic amines) is 1. The van der Waals surface area contributed by atoms with Gasteiger partial charge in [0.2, 0.25) is 0 Å². The summed E-state index contributed by atoms with van der Waals surface area (Å²) in [6, 6.07) is 13.3. The van der Waals surface area contributed by atoms with E-state index in [1.807, 2.05) is 47.4 Å². The zero-order valence-electron chi connectivity index (χ0n) is 15.5. The van der Waals surface area contributed by atoms with Crippen LogP contribution in [0.4, 0.5) is 0 Å². The van der Waals surface area contributed by atoms with Crippen molar-refractivity contribution in [1.82, 2.24) is 24.6 Å². The van der Waals surface area contributed by atoms with Gasteiger partial charge in [0, 0.05) is 29.6 Å². The average Bonchev–Trinajstić information content (AvgIpc) is 3.43. The molecule has 4 aromatic rings. The van der Waals surface area contributed by atoms with E-state index in [1.54, 1.807) is 22.3 Å². The van der Waals surface area contributed by atoms with Crippen molar-refractivity contribution in [3.8, 4) is 5.69 Å². The van der Waals surface area contributed by atoms with E-state index in [0.29, 0.717) is 16.5 Å². The molecule has 0 radical (unpaired) electrons. The van der Waals surface area contributed by atoms with Crippen LogP contribution >= 0.6 is 22.9 Å². The second kappa shape index (κ2) is 7.57. The normalized spacial score (nSPS) is 15.1.